The number of nitrogens with zero attached hydrogens (tertiary/aromatic N) is 1. The number of esters is 1. The van der Waals surface area contributed by atoms with E-state index < -0.39 is 13.7 Å². The van der Waals surface area contributed by atoms with Crippen molar-refractivity contribution in [2.24, 2.45) is 5.92 Å². The summed E-state index contributed by atoms with van der Waals surface area (Å²) in [6, 6.07) is 22.6. The highest BCUT2D eigenvalue weighted by atomic mass is 28.3. The zero-order chi connectivity index (χ0) is 39.6. The third-order valence-corrected chi connectivity index (χ3v) is 16.9. The number of aryl methyl sites for hydroxylation is 2. The van der Waals surface area contributed by atoms with E-state index in [1.165, 1.54) is 21.6 Å². The van der Waals surface area contributed by atoms with E-state index in [1.54, 1.807) is 0 Å². The molecule has 0 radical (unpaired) electrons. The molecule has 294 valence electrons. The molecule has 0 saturated carbocycles. The minimum absolute atomic E-state index is 0.101. The molecule has 1 spiro atoms. The molecule has 4 heterocycles. The van der Waals surface area contributed by atoms with Gasteiger partial charge in [-0.25, -0.2) is 4.79 Å². The van der Waals surface area contributed by atoms with Gasteiger partial charge in [0.2, 0.25) is 0 Å². The Balaban J connectivity index is 1.17. The number of carbonyl (C=O) groups is 2. The smallest absolute Gasteiger partial charge is 0.340 e. The molecule has 8 heteroatoms. The van der Waals surface area contributed by atoms with Crippen LogP contribution in [-0.4, -0.2) is 50.2 Å². The molecule has 1 N–H and O–H groups in total. The number of rotatable bonds is 10. The molecule has 0 aliphatic carbocycles. The van der Waals surface area contributed by atoms with Gasteiger partial charge in [0.25, 0.3) is 0 Å². The number of Topliss-reactive ketones (excluding diaryl/α,β-unsaturated/α-hetero) is 1. The summed E-state index contributed by atoms with van der Waals surface area (Å²) in [4.78, 5) is 29.5. The van der Waals surface area contributed by atoms with E-state index in [0.29, 0.717) is 41.6 Å². The number of carbonyl (C=O) groups excluding carboxylic acids is 2. The number of hydrogen-bond donors (Lipinski definition) is 1. The summed E-state index contributed by atoms with van der Waals surface area (Å²) >= 11 is 0. The van der Waals surface area contributed by atoms with Gasteiger partial charge in [0.1, 0.15) is 31.1 Å². The number of aromatic hydroxyl groups is 1. The molecular formula is C48H57NO6Si. The summed E-state index contributed by atoms with van der Waals surface area (Å²) in [6.45, 7) is 18.1. The number of phenols is 1. The lowest BCUT2D eigenvalue weighted by atomic mass is 9.75. The second kappa shape index (κ2) is 14.5. The first-order chi connectivity index (χ1) is 26.7. The Kier molecular flexibility index (Phi) is 9.97. The Morgan fingerprint density at radius 2 is 1.59 bits per heavy atom. The van der Waals surface area contributed by atoms with Gasteiger partial charge in [0, 0.05) is 60.5 Å². The van der Waals surface area contributed by atoms with Crippen molar-refractivity contribution < 1.29 is 28.9 Å². The number of fused-ring (bicyclic) bond motifs is 7. The Labute approximate surface area is 333 Å². The van der Waals surface area contributed by atoms with Gasteiger partial charge in [-0.1, -0.05) is 44.3 Å². The molecule has 56 heavy (non-hydrogen) atoms. The van der Waals surface area contributed by atoms with E-state index in [4.69, 9.17) is 14.2 Å². The summed E-state index contributed by atoms with van der Waals surface area (Å²) in [7, 11) is -2.48. The minimum Gasteiger partial charge on any atom is -0.507 e. The van der Waals surface area contributed by atoms with Crippen LogP contribution in [0.5, 0.6) is 17.2 Å². The average molecular weight is 772 g/mol. The minimum atomic E-state index is -2.48. The fourth-order valence-corrected chi connectivity index (χ4v) is 13.5. The van der Waals surface area contributed by atoms with Crippen molar-refractivity contribution >= 4 is 35.9 Å². The van der Waals surface area contributed by atoms with Crippen LogP contribution in [0.2, 0.25) is 13.1 Å². The van der Waals surface area contributed by atoms with Gasteiger partial charge < -0.3 is 24.2 Å². The SMILES string of the molecule is Cc1cc(Oc2ccc3c(c2)[Si](C)(C)c2cc4c(cc2C32OC(=O)c3ccccc32)C(C)CC(C)(C)N4CCCC(=O)CCCC2CCOCC2)cc(C)c1O. The van der Waals surface area contributed by atoms with Crippen molar-refractivity contribution in [3.63, 3.8) is 0 Å². The number of ketones is 1. The Morgan fingerprint density at radius 3 is 2.34 bits per heavy atom. The number of ether oxygens (including phenoxy) is 3. The van der Waals surface area contributed by atoms with Crippen molar-refractivity contribution in [3.05, 3.63) is 106 Å². The molecule has 1 saturated heterocycles. The molecule has 2 atom stereocenters. The number of phenolic OH excluding ortho intramolecular Hbond substituents is 1. The first-order valence-electron chi connectivity index (χ1n) is 20.7. The lowest BCUT2D eigenvalue weighted by molar-refractivity contribution is -0.119. The summed E-state index contributed by atoms with van der Waals surface area (Å²) in [6.07, 6.45) is 7.41. The van der Waals surface area contributed by atoms with Crippen LogP contribution in [0, 0.1) is 19.8 Å². The van der Waals surface area contributed by atoms with Crippen molar-refractivity contribution in [1.82, 2.24) is 0 Å². The average Bonchev–Trinajstić information content (AvgIpc) is 3.46. The highest BCUT2D eigenvalue weighted by Gasteiger charge is 2.57. The van der Waals surface area contributed by atoms with Crippen molar-refractivity contribution in [3.8, 4) is 17.2 Å². The van der Waals surface area contributed by atoms with Gasteiger partial charge in [-0.15, -0.1) is 0 Å². The van der Waals surface area contributed by atoms with E-state index >= 15 is 0 Å². The van der Waals surface area contributed by atoms with Gasteiger partial charge in [0.15, 0.2) is 5.60 Å². The predicted octanol–water partition coefficient (Wildman–Crippen LogP) is 9.44. The monoisotopic (exact) mass is 771 g/mol. The van der Waals surface area contributed by atoms with Crippen molar-refractivity contribution in [2.45, 2.75) is 116 Å². The second-order valence-corrected chi connectivity index (χ2v) is 22.4. The van der Waals surface area contributed by atoms with E-state index in [0.717, 1.165) is 86.1 Å². The third kappa shape index (κ3) is 6.56. The Morgan fingerprint density at radius 1 is 0.893 bits per heavy atom. The van der Waals surface area contributed by atoms with Gasteiger partial charge in [-0.3, -0.25) is 4.79 Å². The maximum Gasteiger partial charge on any atom is 0.340 e. The van der Waals surface area contributed by atoms with E-state index in [9.17, 15) is 14.7 Å². The fraction of sp³-hybridized carbons (Fsp3) is 0.458. The van der Waals surface area contributed by atoms with Crippen LogP contribution in [0.25, 0.3) is 0 Å². The Bertz CT molecular complexity index is 2180. The molecule has 4 aliphatic heterocycles. The highest BCUT2D eigenvalue weighted by Crippen LogP contribution is 2.52. The van der Waals surface area contributed by atoms with Crippen LogP contribution in [0.1, 0.15) is 122 Å². The van der Waals surface area contributed by atoms with Gasteiger partial charge in [0.05, 0.1) is 5.56 Å². The molecule has 0 aromatic heterocycles. The maximum atomic E-state index is 13.8. The fourth-order valence-electron chi connectivity index (χ4n) is 10.4. The Hall–Kier alpha value is -4.40. The third-order valence-electron chi connectivity index (χ3n) is 13.3. The van der Waals surface area contributed by atoms with Crippen LogP contribution >= 0.6 is 0 Å². The van der Waals surface area contributed by atoms with Gasteiger partial charge in [-0.2, -0.15) is 0 Å². The maximum absolute atomic E-state index is 13.8. The van der Waals surface area contributed by atoms with Crippen LogP contribution in [0.4, 0.5) is 5.69 Å². The zero-order valence-corrected chi connectivity index (χ0v) is 35.2. The van der Waals surface area contributed by atoms with Crippen molar-refractivity contribution in [1.29, 1.82) is 0 Å². The zero-order valence-electron chi connectivity index (χ0n) is 34.2. The van der Waals surface area contributed by atoms with Gasteiger partial charge in [-0.05, 0) is 148 Å². The summed E-state index contributed by atoms with van der Waals surface area (Å²) in [5.74, 6) is 2.70. The highest BCUT2D eigenvalue weighted by molar-refractivity contribution is 7.01. The molecule has 0 amide bonds. The molecule has 4 aromatic rings. The second-order valence-electron chi connectivity index (χ2n) is 18.1. The molecule has 4 aromatic carbocycles. The quantitative estimate of drug-likeness (QED) is 0.127. The lowest BCUT2D eigenvalue weighted by Crippen LogP contribution is -2.64. The molecular weight excluding hydrogens is 715 g/mol. The summed E-state index contributed by atoms with van der Waals surface area (Å²) in [5, 5.41) is 12.8. The molecule has 8 rings (SSSR count). The normalized spacial score (nSPS) is 21.9. The molecule has 0 bridgehead atoms. The first-order valence-corrected chi connectivity index (χ1v) is 23.7. The standard InChI is InChI=1S/C48H57NO6Si/c1-30-24-36(25-31(2)45(30)51)54-35-17-18-40-43(26-35)56(6,7)44-28-42-38(27-41(44)48(40)39-16-9-8-15-37(39)46(52)55-48)32(3)29-47(4,5)49(42)21-11-14-34(50)13-10-12-33-19-22-53-23-20-33/h8-9,15-18,24-28,32-33,51H,10-14,19-23,29H2,1-7H3. The van der Waals surface area contributed by atoms with E-state index in [2.05, 4.69) is 69.1 Å². The van der Waals surface area contributed by atoms with E-state index in [1.807, 2.05) is 50.2 Å². The number of hydrogen-bond acceptors (Lipinski definition) is 7. The summed E-state index contributed by atoms with van der Waals surface area (Å²) < 4.78 is 18.8. The van der Waals surface area contributed by atoms with Crippen LogP contribution in [-0.2, 0) is 19.9 Å². The molecule has 7 nitrogen and oxygen atoms in total. The number of benzene rings is 4. The van der Waals surface area contributed by atoms with Gasteiger partial charge >= 0.3 is 5.97 Å². The van der Waals surface area contributed by atoms with Crippen LogP contribution in [0.15, 0.2) is 66.7 Å². The van der Waals surface area contributed by atoms with Crippen molar-refractivity contribution in [2.75, 3.05) is 24.7 Å². The lowest BCUT2D eigenvalue weighted by Gasteiger charge is -2.50. The molecule has 4 aliphatic rings. The van der Waals surface area contributed by atoms with Crippen LogP contribution < -0.4 is 20.0 Å². The van der Waals surface area contributed by atoms with Crippen LogP contribution in [0.3, 0.4) is 0 Å². The molecule has 1 fully saturated rings. The first kappa shape index (κ1) is 38.5. The van der Waals surface area contributed by atoms with E-state index in [-0.39, 0.29) is 23.2 Å². The largest absolute Gasteiger partial charge is 0.507 e. The number of anilines is 1. The molecule has 2 unspecified atom stereocenters. The topological polar surface area (TPSA) is 85.3 Å². The predicted molar refractivity (Wildman–Crippen MR) is 225 cm³/mol. The summed E-state index contributed by atoms with van der Waals surface area (Å²) in [5.41, 5.74) is 6.40.